The highest BCUT2D eigenvalue weighted by Gasteiger charge is 2.37. The van der Waals surface area contributed by atoms with E-state index in [4.69, 9.17) is 4.52 Å². The van der Waals surface area contributed by atoms with E-state index >= 15 is 0 Å². The molecule has 146 valence electrons. The van der Waals surface area contributed by atoms with Crippen LogP contribution in [-0.2, 0) is 7.05 Å². The summed E-state index contributed by atoms with van der Waals surface area (Å²) in [5.41, 5.74) is 2.11. The minimum Gasteiger partial charge on any atom is -0.396 e. The lowest BCUT2D eigenvalue weighted by Gasteiger charge is -2.22. The Kier molecular flexibility index (Phi) is 5.01. The van der Waals surface area contributed by atoms with Gasteiger partial charge in [-0.15, -0.1) is 0 Å². The molecular weight excluding hydrogens is 346 g/mol. The molecule has 1 N–H and O–H groups in total. The van der Waals surface area contributed by atoms with Crippen LogP contribution in [0.3, 0.4) is 0 Å². The van der Waals surface area contributed by atoms with Gasteiger partial charge in [-0.1, -0.05) is 5.16 Å². The summed E-state index contributed by atoms with van der Waals surface area (Å²) in [4.78, 5) is 17.2. The average Bonchev–Trinajstić information content (AvgIpc) is 3.44. The Bertz CT molecular complexity index is 808. The zero-order chi connectivity index (χ0) is 19.0. The third kappa shape index (κ3) is 3.51. The number of aryl methyl sites for hydroxylation is 1. The van der Waals surface area contributed by atoms with Gasteiger partial charge in [0.05, 0.1) is 11.8 Å². The van der Waals surface area contributed by atoms with E-state index in [1.54, 1.807) is 21.8 Å². The Hall–Kier alpha value is -2.19. The summed E-state index contributed by atoms with van der Waals surface area (Å²) in [7, 11) is 1.86. The van der Waals surface area contributed by atoms with Crippen LogP contribution in [0.15, 0.2) is 16.8 Å². The fourth-order valence-corrected chi connectivity index (χ4v) is 4.22. The van der Waals surface area contributed by atoms with Crippen LogP contribution in [-0.4, -0.2) is 75.1 Å². The zero-order valence-electron chi connectivity index (χ0n) is 16.0. The topological polar surface area (TPSA) is 87.6 Å². The van der Waals surface area contributed by atoms with E-state index in [9.17, 15) is 9.90 Å². The fraction of sp³-hybridized carbons (Fsp3) is 0.632. The number of aromatic nitrogens is 3. The van der Waals surface area contributed by atoms with Crippen LogP contribution >= 0.6 is 0 Å². The molecule has 4 heterocycles. The van der Waals surface area contributed by atoms with Crippen molar-refractivity contribution in [2.24, 2.45) is 18.9 Å². The summed E-state index contributed by atoms with van der Waals surface area (Å²) in [5.74, 6) is 0.856. The van der Waals surface area contributed by atoms with E-state index in [1.165, 1.54) is 12.8 Å². The van der Waals surface area contributed by atoms with E-state index in [-0.39, 0.29) is 18.4 Å². The second kappa shape index (κ2) is 7.44. The number of amides is 1. The quantitative estimate of drug-likeness (QED) is 0.846. The van der Waals surface area contributed by atoms with Crippen LogP contribution in [0.4, 0.5) is 0 Å². The molecular formula is C19H27N5O3. The molecule has 0 spiro atoms. The molecule has 0 radical (unpaired) electrons. The highest BCUT2D eigenvalue weighted by atomic mass is 16.5. The Morgan fingerprint density at radius 2 is 2.04 bits per heavy atom. The minimum absolute atomic E-state index is 0.112. The van der Waals surface area contributed by atoms with Gasteiger partial charge in [0, 0.05) is 51.0 Å². The van der Waals surface area contributed by atoms with Crippen LogP contribution in [0.2, 0.25) is 0 Å². The van der Waals surface area contributed by atoms with Crippen molar-refractivity contribution in [1.82, 2.24) is 24.7 Å². The molecule has 0 saturated carbocycles. The molecule has 2 atom stereocenters. The first-order valence-corrected chi connectivity index (χ1v) is 9.65. The van der Waals surface area contributed by atoms with Gasteiger partial charge in [0.1, 0.15) is 0 Å². The van der Waals surface area contributed by atoms with E-state index in [1.807, 2.05) is 14.0 Å². The molecule has 8 nitrogen and oxygen atoms in total. The first kappa shape index (κ1) is 18.2. The smallest absolute Gasteiger partial charge is 0.276 e. The van der Waals surface area contributed by atoms with E-state index in [2.05, 4.69) is 15.2 Å². The number of hydrogen-bond donors (Lipinski definition) is 1. The van der Waals surface area contributed by atoms with Gasteiger partial charge in [-0.3, -0.25) is 9.48 Å². The maximum absolute atomic E-state index is 12.9. The molecule has 2 saturated heterocycles. The van der Waals surface area contributed by atoms with E-state index < -0.39 is 0 Å². The Morgan fingerprint density at radius 1 is 1.30 bits per heavy atom. The van der Waals surface area contributed by atoms with Gasteiger partial charge < -0.3 is 19.4 Å². The van der Waals surface area contributed by atoms with Crippen molar-refractivity contribution in [3.05, 3.63) is 23.7 Å². The third-order valence-corrected chi connectivity index (χ3v) is 6.02. The number of aliphatic hydroxyl groups excluding tert-OH is 1. The van der Waals surface area contributed by atoms with Gasteiger partial charge >= 0.3 is 0 Å². The van der Waals surface area contributed by atoms with Crippen molar-refractivity contribution >= 4 is 5.91 Å². The molecule has 8 heteroatoms. The van der Waals surface area contributed by atoms with Gasteiger partial charge in [-0.2, -0.15) is 5.10 Å². The van der Waals surface area contributed by atoms with Crippen molar-refractivity contribution in [3.63, 3.8) is 0 Å². The second-order valence-electron chi connectivity index (χ2n) is 7.76. The summed E-state index contributed by atoms with van der Waals surface area (Å²) in [6, 6.07) is 1.69. The predicted molar refractivity (Wildman–Crippen MR) is 99.1 cm³/mol. The lowest BCUT2D eigenvalue weighted by molar-refractivity contribution is 0.0769. The maximum Gasteiger partial charge on any atom is 0.276 e. The first-order chi connectivity index (χ1) is 13.1. The van der Waals surface area contributed by atoms with Crippen molar-refractivity contribution < 1.29 is 14.4 Å². The normalized spacial score (nSPS) is 23.4. The lowest BCUT2D eigenvalue weighted by atomic mass is 9.96. The zero-order valence-corrected chi connectivity index (χ0v) is 16.0. The fourth-order valence-electron chi connectivity index (χ4n) is 4.22. The van der Waals surface area contributed by atoms with E-state index in [0.717, 1.165) is 30.9 Å². The standard InChI is InChI=1S/C19H27N5O3/c1-13-16(8-20-22(13)2)18-7-17(21-27-18)19(26)24-10-14(15(11-24)12-25)9-23-5-3-4-6-23/h7-8,14-15,25H,3-6,9-12H2,1-2H3/t14-,15-/m1/s1. The molecule has 2 fully saturated rings. The largest absolute Gasteiger partial charge is 0.396 e. The summed E-state index contributed by atoms with van der Waals surface area (Å²) in [5, 5.41) is 18.0. The van der Waals surface area contributed by atoms with Crippen LogP contribution in [0.5, 0.6) is 0 Å². The molecule has 1 amide bonds. The van der Waals surface area contributed by atoms with Crippen LogP contribution in [0.1, 0.15) is 29.0 Å². The average molecular weight is 373 g/mol. The van der Waals surface area contributed by atoms with Gasteiger partial charge in [-0.25, -0.2) is 0 Å². The first-order valence-electron chi connectivity index (χ1n) is 9.65. The van der Waals surface area contributed by atoms with Crippen molar-refractivity contribution in [2.75, 3.05) is 39.3 Å². The van der Waals surface area contributed by atoms with Gasteiger partial charge in [0.2, 0.25) is 0 Å². The minimum atomic E-state index is -0.131. The van der Waals surface area contributed by atoms with Gasteiger partial charge in [0.15, 0.2) is 11.5 Å². The number of aliphatic hydroxyl groups is 1. The van der Waals surface area contributed by atoms with Crippen LogP contribution in [0, 0.1) is 18.8 Å². The summed E-state index contributed by atoms with van der Waals surface area (Å²) in [6.07, 6.45) is 4.21. The van der Waals surface area contributed by atoms with Crippen LogP contribution < -0.4 is 0 Å². The molecule has 0 aliphatic carbocycles. The molecule has 2 aromatic rings. The highest BCUT2D eigenvalue weighted by molar-refractivity contribution is 5.93. The monoisotopic (exact) mass is 373 g/mol. The maximum atomic E-state index is 12.9. The number of likely N-dealkylation sites (tertiary alicyclic amines) is 2. The molecule has 2 aliphatic heterocycles. The molecule has 0 unspecified atom stereocenters. The molecule has 27 heavy (non-hydrogen) atoms. The summed E-state index contributed by atoms with van der Waals surface area (Å²) in [6.45, 7) is 6.49. The molecule has 0 bridgehead atoms. The Morgan fingerprint density at radius 3 is 2.70 bits per heavy atom. The molecule has 2 aliphatic rings. The van der Waals surface area contributed by atoms with E-state index in [0.29, 0.717) is 30.5 Å². The number of carbonyl (C=O) groups is 1. The molecule has 2 aromatic heterocycles. The Labute approximate surface area is 158 Å². The predicted octanol–water partition coefficient (Wildman–Crippen LogP) is 1.16. The van der Waals surface area contributed by atoms with Crippen molar-refractivity contribution in [1.29, 1.82) is 0 Å². The lowest BCUT2D eigenvalue weighted by Crippen LogP contribution is -2.32. The number of carbonyl (C=O) groups excluding carboxylic acids is 1. The molecule has 4 rings (SSSR count). The number of hydrogen-bond acceptors (Lipinski definition) is 6. The van der Waals surface area contributed by atoms with Crippen LogP contribution in [0.25, 0.3) is 11.3 Å². The van der Waals surface area contributed by atoms with Gasteiger partial charge in [0.25, 0.3) is 5.91 Å². The highest BCUT2D eigenvalue weighted by Crippen LogP contribution is 2.28. The molecule has 0 aromatic carbocycles. The number of nitrogens with zero attached hydrogens (tertiary/aromatic N) is 5. The van der Waals surface area contributed by atoms with Crippen molar-refractivity contribution in [3.8, 4) is 11.3 Å². The van der Waals surface area contributed by atoms with Gasteiger partial charge in [-0.05, 0) is 38.8 Å². The number of rotatable bonds is 5. The Balaban J connectivity index is 1.45. The SMILES string of the molecule is Cc1c(-c2cc(C(=O)N3C[C@@H](CN4CCCC4)[C@@H](CO)C3)no2)cnn1C. The summed E-state index contributed by atoms with van der Waals surface area (Å²) >= 11 is 0. The van der Waals surface area contributed by atoms with Crippen molar-refractivity contribution in [2.45, 2.75) is 19.8 Å². The second-order valence-corrected chi connectivity index (χ2v) is 7.76. The summed E-state index contributed by atoms with van der Waals surface area (Å²) < 4.78 is 7.16. The third-order valence-electron chi connectivity index (χ3n) is 6.02.